The van der Waals surface area contributed by atoms with Gasteiger partial charge in [0.1, 0.15) is 4.60 Å². The van der Waals surface area contributed by atoms with E-state index >= 15 is 0 Å². The van der Waals surface area contributed by atoms with E-state index in [0.717, 1.165) is 10.5 Å². The van der Waals surface area contributed by atoms with Gasteiger partial charge in [0.05, 0.1) is 0 Å². The van der Waals surface area contributed by atoms with Gasteiger partial charge >= 0.3 is 0 Å². The highest BCUT2D eigenvalue weighted by Gasteiger charge is 2.19. The molecule has 0 unspecified atom stereocenters. The van der Waals surface area contributed by atoms with E-state index in [4.69, 9.17) is 0 Å². The first-order valence-electron chi connectivity index (χ1n) is 3.98. The second-order valence-corrected chi connectivity index (χ2v) is 3.85. The predicted molar refractivity (Wildman–Crippen MR) is 48.5 cm³/mol. The van der Waals surface area contributed by atoms with E-state index in [1.807, 2.05) is 12.3 Å². The molecule has 1 aromatic heterocycles. The number of hydrogen-bond donors (Lipinski definition) is 0. The molecule has 1 saturated carbocycles. The molecule has 0 radical (unpaired) electrons. The number of halogens is 1. The van der Waals surface area contributed by atoms with Gasteiger partial charge in [-0.3, -0.25) is 0 Å². The first-order valence-corrected chi connectivity index (χ1v) is 4.77. The van der Waals surface area contributed by atoms with Crippen molar-refractivity contribution >= 4 is 15.9 Å². The van der Waals surface area contributed by atoms with Crippen molar-refractivity contribution in [3.8, 4) is 0 Å². The minimum atomic E-state index is 0.801. The zero-order valence-corrected chi connectivity index (χ0v) is 7.84. The van der Waals surface area contributed by atoms with Gasteiger partial charge < -0.3 is 0 Å². The summed E-state index contributed by atoms with van der Waals surface area (Å²) in [6.45, 7) is 0. The minimum absolute atomic E-state index is 0.801. The first kappa shape index (κ1) is 7.29. The standard InChI is InChI=1S/C9H10BrN/c10-9-5-4-8(6-11-9)7-2-1-3-7/h4-7H,1-3H2. The molecular weight excluding hydrogens is 202 g/mol. The molecule has 11 heavy (non-hydrogen) atoms. The topological polar surface area (TPSA) is 12.9 Å². The molecule has 1 nitrogen and oxygen atoms in total. The van der Waals surface area contributed by atoms with Gasteiger partial charge in [0, 0.05) is 6.20 Å². The van der Waals surface area contributed by atoms with Crippen molar-refractivity contribution in [3.63, 3.8) is 0 Å². The van der Waals surface area contributed by atoms with Crippen LogP contribution >= 0.6 is 15.9 Å². The average Bonchev–Trinajstić information content (AvgIpc) is 1.90. The second-order valence-electron chi connectivity index (χ2n) is 3.04. The molecule has 0 aromatic carbocycles. The maximum absolute atomic E-state index is 4.20. The molecule has 1 heterocycles. The van der Waals surface area contributed by atoms with Crippen LogP contribution in [0.4, 0.5) is 0 Å². The molecule has 2 rings (SSSR count). The van der Waals surface area contributed by atoms with Crippen LogP contribution in [0.1, 0.15) is 30.7 Å². The lowest BCUT2D eigenvalue weighted by molar-refractivity contribution is 0.419. The third-order valence-electron chi connectivity index (χ3n) is 2.33. The van der Waals surface area contributed by atoms with E-state index in [9.17, 15) is 0 Å². The lowest BCUT2D eigenvalue weighted by atomic mass is 9.81. The Bertz CT molecular complexity index is 238. The second kappa shape index (κ2) is 2.94. The van der Waals surface area contributed by atoms with Crippen LogP contribution < -0.4 is 0 Å². The van der Waals surface area contributed by atoms with Gasteiger partial charge in [-0.15, -0.1) is 0 Å². The lowest BCUT2D eigenvalue weighted by Gasteiger charge is -2.25. The van der Waals surface area contributed by atoms with E-state index in [0.29, 0.717) is 0 Å². The Labute approximate surface area is 75.0 Å². The molecular formula is C9H10BrN. The van der Waals surface area contributed by atoms with Crippen LogP contribution in [0.25, 0.3) is 0 Å². The Morgan fingerprint density at radius 1 is 1.36 bits per heavy atom. The molecule has 0 saturated heterocycles. The van der Waals surface area contributed by atoms with Crippen LogP contribution in [0.5, 0.6) is 0 Å². The minimum Gasteiger partial charge on any atom is -0.249 e. The molecule has 0 atom stereocenters. The smallest absolute Gasteiger partial charge is 0.106 e. The zero-order valence-electron chi connectivity index (χ0n) is 6.26. The Morgan fingerprint density at radius 2 is 2.18 bits per heavy atom. The number of aromatic nitrogens is 1. The maximum atomic E-state index is 4.20. The monoisotopic (exact) mass is 211 g/mol. The summed E-state index contributed by atoms with van der Waals surface area (Å²) >= 11 is 3.32. The Kier molecular flexibility index (Phi) is 1.95. The van der Waals surface area contributed by atoms with Crippen LogP contribution in [0.3, 0.4) is 0 Å². The fourth-order valence-electron chi connectivity index (χ4n) is 1.37. The maximum Gasteiger partial charge on any atom is 0.106 e. The lowest BCUT2D eigenvalue weighted by Crippen LogP contribution is -2.08. The summed E-state index contributed by atoms with van der Waals surface area (Å²) in [5, 5.41) is 0. The Hall–Kier alpha value is -0.370. The first-order chi connectivity index (χ1) is 5.36. The highest BCUT2D eigenvalue weighted by Crippen LogP contribution is 2.35. The molecule has 1 aliphatic rings. The molecule has 58 valence electrons. The van der Waals surface area contributed by atoms with Crippen LogP contribution in [0, 0.1) is 0 Å². The third kappa shape index (κ3) is 1.45. The molecule has 0 amide bonds. The van der Waals surface area contributed by atoms with E-state index in [1.165, 1.54) is 24.8 Å². The summed E-state index contributed by atoms with van der Waals surface area (Å²) in [6.07, 6.45) is 6.07. The zero-order chi connectivity index (χ0) is 7.68. The van der Waals surface area contributed by atoms with E-state index in [1.54, 1.807) is 0 Å². The molecule has 1 aliphatic carbocycles. The summed E-state index contributed by atoms with van der Waals surface area (Å²) in [7, 11) is 0. The van der Waals surface area contributed by atoms with Crippen LogP contribution in [0.15, 0.2) is 22.9 Å². The summed E-state index contributed by atoms with van der Waals surface area (Å²) in [6, 6.07) is 4.19. The van der Waals surface area contributed by atoms with E-state index < -0.39 is 0 Å². The van der Waals surface area contributed by atoms with Gasteiger partial charge in [-0.1, -0.05) is 12.5 Å². The molecule has 0 aliphatic heterocycles. The highest BCUT2D eigenvalue weighted by molar-refractivity contribution is 9.10. The predicted octanol–water partition coefficient (Wildman–Crippen LogP) is 3.11. The normalized spacial score (nSPS) is 17.9. The van der Waals surface area contributed by atoms with Crippen LogP contribution in [0.2, 0.25) is 0 Å². The largest absolute Gasteiger partial charge is 0.249 e. The van der Waals surface area contributed by atoms with Crippen molar-refractivity contribution in [1.29, 1.82) is 0 Å². The van der Waals surface area contributed by atoms with E-state index in [2.05, 4.69) is 27.0 Å². The fourth-order valence-corrected chi connectivity index (χ4v) is 1.60. The Balaban J connectivity index is 2.18. The quantitative estimate of drug-likeness (QED) is 0.651. The number of rotatable bonds is 1. The molecule has 2 heteroatoms. The van der Waals surface area contributed by atoms with Gasteiger partial charge in [-0.2, -0.15) is 0 Å². The van der Waals surface area contributed by atoms with Gasteiger partial charge in [-0.25, -0.2) is 4.98 Å². The summed E-state index contributed by atoms with van der Waals surface area (Å²) in [5.74, 6) is 0.801. The van der Waals surface area contributed by atoms with Gasteiger partial charge in [-0.05, 0) is 46.3 Å². The van der Waals surface area contributed by atoms with Gasteiger partial charge in [0.15, 0.2) is 0 Å². The molecule has 1 fully saturated rings. The number of nitrogens with zero attached hydrogens (tertiary/aromatic N) is 1. The van der Waals surface area contributed by atoms with Crippen molar-refractivity contribution in [2.45, 2.75) is 25.2 Å². The molecule has 1 aromatic rings. The fraction of sp³-hybridized carbons (Fsp3) is 0.444. The van der Waals surface area contributed by atoms with Crippen LogP contribution in [-0.2, 0) is 0 Å². The summed E-state index contributed by atoms with van der Waals surface area (Å²) < 4.78 is 0.931. The Morgan fingerprint density at radius 3 is 2.64 bits per heavy atom. The summed E-state index contributed by atoms with van der Waals surface area (Å²) in [4.78, 5) is 4.20. The van der Waals surface area contributed by atoms with Crippen LogP contribution in [-0.4, -0.2) is 4.98 Å². The molecule has 0 bridgehead atoms. The SMILES string of the molecule is Brc1ccc(C2CCC2)cn1. The van der Waals surface area contributed by atoms with Crippen molar-refractivity contribution in [1.82, 2.24) is 4.98 Å². The van der Waals surface area contributed by atoms with Crippen molar-refractivity contribution in [2.75, 3.05) is 0 Å². The highest BCUT2D eigenvalue weighted by atomic mass is 79.9. The van der Waals surface area contributed by atoms with Gasteiger partial charge in [0.2, 0.25) is 0 Å². The number of hydrogen-bond acceptors (Lipinski definition) is 1. The molecule has 0 spiro atoms. The van der Waals surface area contributed by atoms with Crippen molar-refractivity contribution in [3.05, 3.63) is 28.5 Å². The van der Waals surface area contributed by atoms with Crippen molar-refractivity contribution in [2.24, 2.45) is 0 Å². The van der Waals surface area contributed by atoms with Crippen molar-refractivity contribution < 1.29 is 0 Å². The van der Waals surface area contributed by atoms with E-state index in [-0.39, 0.29) is 0 Å². The average molecular weight is 212 g/mol. The molecule has 0 N–H and O–H groups in total. The summed E-state index contributed by atoms with van der Waals surface area (Å²) in [5.41, 5.74) is 1.40. The third-order valence-corrected chi connectivity index (χ3v) is 2.80. The number of pyridine rings is 1. The van der Waals surface area contributed by atoms with Gasteiger partial charge in [0.25, 0.3) is 0 Å².